The summed E-state index contributed by atoms with van der Waals surface area (Å²) in [5.74, 6) is -0.483. The number of nitriles is 1. The molecule has 0 saturated carbocycles. The van der Waals surface area contributed by atoms with Crippen molar-refractivity contribution in [3.63, 3.8) is 0 Å². The fraction of sp³-hybridized carbons (Fsp3) is 0.192. The molecule has 4 rings (SSSR count). The predicted molar refractivity (Wildman–Crippen MR) is 134 cm³/mol. The Balaban J connectivity index is 1.71. The lowest BCUT2D eigenvalue weighted by atomic mass is 9.99. The minimum atomic E-state index is -0.757. The van der Waals surface area contributed by atoms with Gasteiger partial charge in [-0.1, -0.05) is 18.5 Å². The summed E-state index contributed by atoms with van der Waals surface area (Å²) in [6.07, 6.45) is 4.90. The number of primary amides is 1. The number of ether oxygens (including phenoxy) is 1. The van der Waals surface area contributed by atoms with E-state index in [0.717, 1.165) is 0 Å². The summed E-state index contributed by atoms with van der Waals surface area (Å²) in [5.41, 5.74) is 7.61. The largest absolute Gasteiger partial charge is 0.495 e. The van der Waals surface area contributed by atoms with Gasteiger partial charge in [0.25, 0.3) is 11.5 Å². The van der Waals surface area contributed by atoms with Gasteiger partial charge in [-0.15, -0.1) is 0 Å². The molecule has 10 heteroatoms. The molecular formula is C26H22ClN5O4. The number of methoxy groups -OCH3 is 1. The topological polar surface area (TPSA) is 132 Å². The van der Waals surface area contributed by atoms with Crippen molar-refractivity contribution in [1.29, 1.82) is 5.26 Å². The molecule has 1 unspecified atom stereocenters. The molecule has 9 nitrogen and oxygen atoms in total. The quantitative estimate of drug-likeness (QED) is 0.391. The van der Waals surface area contributed by atoms with Gasteiger partial charge >= 0.3 is 0 Å². The normalized spacial score (nSPS) is 11.7. The summed E-state index contributed by atoms with van der Waals surface area (Å²) in [6.45, 7) is 1.81. The average molecular weight is 504 g/mol. The lowest BCUT2D eigenvalue weighted by Crippen LogP contribution is -2.30. The van der Waals surface area contributed by atoms with Crippen molar-refractivity contribution in [2.75, 3.05) is 7.11 Å². The summed E-state index contributed by atoms with van der Waals surface area (Å²) in [4.78, 5) is 38.1. The van der Waals surface area contributed by atoms with Crippen molar-refractivity contribution >= 4 is 28.8 Å². The number of carbonyl (C=O) groups is 2. The van der Waals surface area contributed by atoms with Crippen molar-refractivity contribution in [1.82, 2.24) is 14.2 Å². The average Bonchev–Trinajstić information content (AvgIpc) is 3.29. The second-order valence-electron chi connectivity index (χ2n) is 8.16. The first-order chi connectivity index (χ1) is 17.3. The Morgan fingerprint density at radius 2 is 2.00 bits per heavy atom. The maximum Gasteiger partial charge on any atom is 0.252 e. The second-order valence-corrected chi connectivity index (χ2v) is 8.59. The van der Waals surface area contributed by atoms with Crippen molar-refractivity contribution < 1.29 is 14.3 Å². The van der Waals surface area contributed by atoms with Gasteiger partial charge in [-0.25, -0.2) is 4.52 Å². The summed E-state index contributed by atoms with van der Waals surface area (Å²) in [5, 5.41) is 14.0. The lowest BCUT2D eigenvalue weighted by molar-refractivity contribution is -0.121. The molecule has 0 aliphatic heterocycles. The monoisotopic (exact) mass is 503 g/mol. The molecule has 2 N–H and O–H groups in total. The number of pyridine rings is 2. The molecule has 0 fully saturated rings. The Morgan fingerprint density at radius 1 is 1.22 bits per heavy atom. The molecule has 1 aromatic carbocycles. The molecule has 0 bridgehead atoms. The number of carbonyl (C=O) groups excluding carboxylic acids is 2. The Hall–Kier alpha value is -4.42. The first kappa shape index (κ1) is 24.7. The molecule has 4 aromatic rings. The van der Waals surface area contributed by atoms with Crippen molar-refractivity contribution in [2.45, 2.75) is 25.8 Å². The van der Waals surface area contributed by atoms with E-state index >= 15 is 0 Å². The van der Waals surface area contributed by atoms with Crippen LogP contribution in [-0.2, 0) is 11.2 Å². The highest BCUT2D eigenvalue weighted by Crippen LogP contribution is 2.33. The van der Waals surface area contributed by atoms with Crippen LogP contribution in [0.15, 0.2) is 59.8 Å². The summed E-state index contributed by atoms with van der Waals surface area (Å²) in [7, 11) is 1.45. The van der Waals surface area contributed by atoms with Gasteiger partial charge in [0.05, 0.1) is 48.3 Å². The number of hydrogen-bond donors (Lipinski definition) is 1. The zero-order chi connectivity index (χ0) is 26.0. The van der Waals surface area contributed by atoms with Crippen LogP contribution in [0.1, 0.15) is 40.9 Å². The van der Waals surface area contributed by atoms with Gasteiger partial charge in [0.15, 0.2) is 5.78 Å². The van der Waals surface area contributed by atoms with Crippen molar-refractivity contribution in [3.8, 4) is 22.9 Å². The SMILES string of the molecule is CCC(C(=O)Cc1ccn2ncc(C(N)=O)c2c1)n1cc(OC)c(-c2cc(Cl)ccc2C#N)cc1=O. The third kappa shape index (κ3) is 4.59. The minimum absolute atomic E-state index is 0.0295. The standard InChI is InChI=1S/C26H22ClN5O4/c1-3-21(23(33)9-15-6-7-32-22(8-15)20(13-30-32)26(29)35)31-14-24(36-2)19(11-25(31)34)18-10-17(27)5-4-16(18)12-28/h4-8,10-11,13-14,21H,3,9H2,1-2H3,(H2,29,35). The number of Topliss-reactive ketones (excluding diaryl/α,β-unsaturated/α-hetero) is 1. The van der Waals surface area contributed by atoms with E-state index in [4.69, 9.17) is 22.1 Å². The Morgan fingerprint density at radius 3 is 2.67 bits per heavy atom. The van der Waals surface area contributed by atoms with Crippen LogP contribution in [-0.4, -0.2) is 33.0 Å². The van der Waals surface area contributed by atoms with Crippen LogP contribution in [0.3, 0.4) is 0 Å². The van der Waals surface area contributed by atoms with Crippen LogP contribution in [0.4, 0.5) is 0 Å². The van der Waals surface area contributed by atoms with Crippen LogP contribution in [0.5, 0.6) is 5.75 Å². The van der Waals surface area contributed by atoms with Crippen LogP contribution in [0.2, 0.25) is 5.02 Å². The summed E-state index contributed by atoms with van der Waals surface area (Å²) < 4.78 is 8.37. The fourth-order valence-electron chi connectivity index (χ4n) is 4.20. The van der Waals surface area contributed by atoms with E-state index in [0.29, 0.717) is 45.0 Å². The van der Waals surface area contributed by atoms with Gasteiger partial charge in [-0.3, -0.25) is 14.4 Å². The highest BCUT2D eigenvalue weighted by molar-refractivity contribution is 6.31. The number of ketones is 1. The molecular weight excluding hydrogens is 482 g/mol. The molecule has 0 aliphatic rings. The van der Waals surface area contributed by atoms with Crippen LogP contribution >= 0.6 is 11.6 Å². The van der Waals surface area contributed by atoms with Crippen LogP contribution < -0.4 is 16.0 Å². The molecule has 1 atom stereocenters. The zero-order valence-corrected chi connectivity index (χ0v) is 20.3. The third-order valence-corrected chi connectivity index (χ3v) is 6.22. The smallest absolute Gasteiger partial charge is 0.252 e. The predicted octanol–water partition coefficient (Wildman–Crippen LogP) is 3.56. The van der Waals surface area contributed by atoms with Gasteiger partial charge in [0, 0.05) is 34.8 Å². The second kappa shape index (κ2) is 10.1. The van der Waals surface area contributed by atoms with Gasteiger partial charge in [0.1, 0.15) is 5.75 Å². The Labute approximate surface area is 211 Å². The van der Waals surface area contributed by atoms with E-state index in [9.17, 15) is 19.6 Å². The summed E-state index contributed by atoms with van der Waals surface area (Å²) in [6, 6.07) is 10.9. The van der Waals surface area contributed by atoms with E-state index < -0.39 is 17.5 Å². The number of rotatable bonds is 8. The number of halogens is 1. The number of fused-ring (bicyclic) bond motifs is 1. The highest BCUT2D eigenvalue weighted by Gasteiger charge is 2.23. The highest BCUT2D eigenvalue weighted by atomic mass is 35.5. The van der Waals surface area contributed by atoms with E-state index in [2.05, 4.69) is 11.2 Å². The van der Waals surface area contributed by atoms with E-state index in [-0.39, 0.29) is 17.8 Å². The number of amides is 1. The van der Waals surface area contributed by atoms with E-state index in [1.165, 1.54) is 34.7 Å². The van der Waals surface area contributed by atoms with Crippen molar-refractivity contribution in [2.24, 2.45) is 5.73 Å². The molecule has 0 spiro atoms. The molecule has 36 heavy (non-hydrogen) atoms. The number of benzene rings is 1. The number of nitrogens with zero attached hydrogens (tertiary/aromatic N) is 4. The maximum atomic E-state index is 13.3. The van der Waals surface area contributed by atoms with E-state index in [1.54, 1.807) is 36.5 Å². The molecule has 0 radical (unpaired) electrons. The van der Waals surface area contributed by atoms with Crippen molar-refractivity contribution in [3.05, 3.63) is 87.1 Å². The minimum Gasteiger partial charge on any atom is -0.495 e. The van der Waals surface area contributed by atoms with Gasteiger partial charge in [-0.05, 0) is 42.3 Å². The summed E-state index contributed by atoms with van der Waals surface area (Å²) >= 11 is 6.13. The molecule has 3 heterocycles. The van der Waals surface area contributed by atoms with Crippen LogP contribution in [0, 0.1) is 11.3 Å². The number of nitrogens with two attached hydrogens (primary N) is 1. The Kier molecular flexibility index (Phi) is 6.90. The molecule has 0 saturated heterocycles. The first-order valence-corrected chi connectivity index (χ1v) is 11.4. The van der Waals surface area contributed by atoms with Crippen LogP contribution in [0.25, 0.3) is 16.6 Å². The lowest BCUT2D eigenvalue weighted by Gasteiger charge is -2.20. The van der Waals surface area contributed by atoms with E-state index in [1.807, 2.05) is 6.92 Å². The van der Waals surface area contributed by atoms with Gasteiger partial charge in [0.2, 0.25) is 0 Å². The fourth-order valence-corrected chi connectivity index (χ4v) is 4.38. The Bertz CT molecular complexity index is 1600. The zero-order valence-electron chi connectivity index (χ0n) is 19.6. The maximum absolute atomic E-state index is 13.3. The van der Waals surface area contributed by atoms with Gasteiger partial charge in [-0.2, -0.15) is 10.4 Å². The number of hydrogen-bond acceptors (Lipinski definition) is 6. The van der Waals surface area contributed by atoms with Gasteiger partial charge < -0.3 is 15.0 Å². The first-order valence-electron chi connectivity index (χ1n) is 11.1. The third-order valence-electron chi connectivity index (χ3n) is 5.98. The molecule has 0 aliphatic carbocycles. The number of aromatic nitrogens is 3. The molecule has 1 amide bonds. The molecule has 182 valence electrons. The molecule has 3 aromatic heterocycles.